The molecule has 0 bridgehead atoms. The van der Waals surface area contributed by atoms with E-state index in [0.29, 0.717) is 39.0 Å². The Labute approximate surface area is 241 Å². The van der Waals surface area contributed by atoms with E-state index in [2.05, 4.69) is 46.6 Å². The Morgan fingerprint density at radius 1 is 1.10 bits per heavy atom. The molecule has 3 aromatic carbocycles. The number of benzene rings is 3. The van der Waals surface area contributed by atoms with Crippen molar-refractivity contribution in [2.45, 2.75) is 12.9 Å². The minimum atomic E-state index is -4.83. The van der Waals surface area contributed by atoms with Crippen molar-refractivity contribution < 1.29 is 22.7 Å². The molecular weight excluding hydrogens is 640 g/mol. The SMILES string of the molecule is Cn1/c(=N\c2ccc(OC(F)(F)F)c(Br)c2)n(Cc2ccc(C(=O)Nc3nnn[nH]3)cc2)c2cc(Cl)c(Cl)cc21. The van der Waals surface area contributed by atoms with Gasteiger partial charge in [-0.2, -0.15) is 0 Å². The lowest BCUT2D eigenvalue weighted by molar-refractivity contribution is -0.274. The van der Waals surface area contributed by atoms with Crippen molar-refractivity contribution in [2.24, 2.45) is 12.0 Å². The Balaban J connectivity index is 1.54. The lowest BCUT2D eigenvalue weighted by Crippen LogP contribution is -2.24. The summed E-state index contributed by atoms with van der Waals surface area (Å²) < 4.78 is 45.9. The predicted octanol–water partition coefficient (Wildman–Crippen LogP) is 5.99. The topological polar surface area (TPSA) is 115 Å². The summed E-state index contributed by atoms with van der Waals surface area (Å²) in [5.74, 6) is -0.672. The maximum atomic E-state index is 12.7. The fraction of sp³-hybridized carbons (Fsp3) is 0.125. The number of imidazole rings is 1. The van der Waals surface area contributed by atoms with E-state index in [4.69, 9.17) is 28.2 Å². The van der Waals surface area contributed by atoms with Crippen LogP contribution in [-0.4, -0.2) is 42.0 Å². The van der Waals surface area contributed by atoms with Crippen LogP contribution in [0.3, 0.4) is 0 Å². The van der Waals surface area contributed by atoms with Crippen molar-refractivity contribution in [3.63, 3.8) is 0 Å². The third kappa shape index (κ3) is 5.98. The summed E-state index contributed by atoms with van der Waals surface area (Å²) in [6.07, 6.45) is -4.83. The predicted molar refractivity (Wildman–Crippen MR) is 145 cm³/mol. The Hall–Kier alpha value is -3.88. The molecule has 0 aliphatic carbocycles. The van der Waals surface area contributed by atoms with Gasteiger partial charge in [0.2, 0.25) is 11.6 Å². The van der Waals surface area contributed by atoms with Crippen LogP contribution in [0.5, 0.6) is 5.75 Å². The highest BCUT2D eigenvalue weighted by Gasteiger charge is 2.32. The van der Waals surface area contributed by atoms with Crippen molar-refractivity contribution in [1.29, 1.82) is 0 Å². The molecule has 2 aromatic heterocycles. The van der Waals surface area contributed by atoms with Gasteiger partial charge in [-0.25, -0.2) is 10.1 Å². The Bertz CT molecular complexity index is 1790. The summed E-state index contributed by atoms with van der Waals surface area (Å²) in [5, 5.41) is 16.1. The van der Waals surface area contributed by atoms with Gasteiger partial charge in [-0.1, -0.05) is 40.4 Å². The molecule has 0 radical (unpaired) electrons. The zero-order chi connectivity index (χ0) is 28.6. The standard InChI is InChI=1S/C24H16BrCl2F3N8O2/c1-37-18-9-16(26)17(27)10-19(18)38(23(37)31-14-6-7-20(15(25)8-14)40-24(28,29)30)11-12-2-4-13(5-3-12)21(39)32-22-33-35-36-34-22/h2-10H,11H2,1H3,(H2,32,33,34,35,36,39)/b31-23+. The van der Waals surface area contributed by atoms with E-state index in [1.807, 2.05) is 4.57 Å². The maximum Gasteiger partial charge on any atom is 0.573 e. The summed E-state index contributed by atoms with van der Waals surface area (Å²) in [4.78, 5) is 17.2. The second kappa shape index (κ2) is 10.9. The van der Waals surface area contributed by atoms with Crippen LogP contribution in [0.2, 0.25) is 10.0 Å². The zero-order valence-corrected chi connectivity index (χ0v) is 23.3. The number of anilines is 1. The molecule has 1 amide bonds. The fourth-order valence-corrected chi connectivity index (χ4v) is 4.68. The highest BCUT2D eigenvalue weighted by molar-refractivity contribution is 9.10. The molecule has 0 saturated heterocycles. The van der Waals surface area contributed by atoms with Gasteiger partial charge in [-0.05, 0) is 74.4 Å². The minimum Gasteiger partial charge on any atom is -0.405 e. The van der Waals surface area contributed by atoms with Gasteiger partial charge in [0.1, 0.15) is 5.75 Å². The fourth-order valence-electron chi connectivity index (χ4n) is 3.92. The molecule has 206 valence electrons. The number of carbonyl (C=O) groups excluding carboxylic acids is 1. The number of tetrazole rings is 1. The first-order valence-corrected chi connectivity index (χ1v) is 12.8. The van der Waals surface area contributed by atoms with Crippen LogP contribution >= 0.6 is 39.1 Å². The molecule has 0 fully saturated rings. The van der Waals surface area contributed by atoms with Gasteiger partial charge in [0, 0.05) is 12.6 Å². The third-order valence-electron chi connectivity index (χ3n) is 5.72. The highest BCUT2D eigenvalue weighted by atomic mass is 79.9. The van der Waals surface area contributed by atoms with Crippen LogP contribution in [0.1, 0.15) is 15.9 Å². The second-order valence-corrected chi connectivity index (χ2v) is 10.0. The van der Waals surface area contributed by atoms with E-state index in [9.17, 15) is 18.0 Å². The molecular formula is C24H16BrCl2F3N8O2. The average molecular weight is 656 g/mol. The number of aromatic amines is 1. The average Bonchev–Trinajstić information content (AvgIpc) is 3.48. The van der Waals surface area contributed by atoms with Crippen molar-refractivity contribution in [3.8, 4) is 5.75 Å². The number of aryl methyl sites for hydroxylation is 1. The number of nitrogens with zero attached hydrogens (tertiary/aromatic N) is 6. The molecule has 5 aromatic rings. The highest BCUT2D eigenvalue weighted by Crippen LogP contribution is 2.33. The summed E-state index contributed by atoms with van der Waals surface area (Å²) in [7, 11) is 1.78. The summed E-state index contributed by atoms with van der Waals surface area (Å²) >= 11 is 15.7. The first kappa shape index (κ1) is 27.7. The number of ether oxygens (including phenoxy) is 1. The van der Waals surface area contributed by atoms with Crippen molar-refractivity contribution in [2.75, 3.05) is 5.32 Å². The smallest absolute Gasteiger partial charge is 0.405 e. The molecule has 0 saturated carbocycles. The molecule has 0 aliphatic heterocycles. The Kier molecular flexibility index (Phi) is 7.57. The lowest BCUT2D eigenvalue weighted by Gasteiger charge is -2.11. The molecule has 0 unspecified atom stereocenters. The van der Waals surface area contributed by atoms with Gasteiger partial charge in [-0.15, -0.1) is 13.2 Å². The van der Waals surface area contributed by atoms with Crippen LogP contribution in [0, 0.1) is 0 Å². The number of carbonyl (C=O) groups is 1. The summed E-state index contributed by atoms with van der Waals surface area (Å²) in [6.45, 7) is 0.318. The van der Waals surface area contributed by atoms with Crippen LogP contribution in [0.25, 0.3) is 11.0 Å². The Morgan fingerprint density at radius 3 is 2.42 bits per heavy atom. The molecule has 0 spiro atoms. The van der Waals surface area contributed by atoms with Gasteiger partial charge in [0.15, 0.2) is 0 Å². The quantitative estimate of drug-likeness (QED) is 0.233. The van der Waals surface area contributed by atoms with E-state index >= 15 is 0 Å². The number of aromatic nitrogens is 6. The summed E-state index contributed by atoms with van der Waals surface area (Å²) in [5.41, 5.74) is 3.48. The first-order valence-electron chi connectivity index (χ1n) is 11.3. The number of H-pyrrole nitrogens is 1. The van der Waals surface area contributed by atoms with E-state index < -0.39 is 18.0 Å². The number of amides is 1. The van der Waals surface area contributed by atoms with Crippen LogP contribution < -0.4 is 15.7 Å². The molecule has 0 atom stereocenters. The first-order chi connectivity index (χ1) is 19.0. The largest absolute Gasteiger partial charge is 0.573 e. The van der Waals surface area contributed by atoms with E-state index in [-0.39, 0.29) is 10.4 Å². The molecule has 2 N–H and O–H groups in total. The normalized spacial score (nSPS) is 12.2. The number of hydrogen-bond acceptors (Lipinski definition) is 6. The van der Waals surface area contributed by atoms with Gasteiger partial charge >= 0.3 is 6.36 Å². The zero-order valence-electron chi connectivity index (χ0n) is 20.2. The molecule has 40 heavy (non-hydrogen) atoms. The molecule has 16 heteroatoms. The number of alkyl halides is 3. The number of hydrogen-bond donors (Lipinski definition) is 2. The van der Waals surface area contributed by atoms with Crippen molar-refractivity contribution >= 4 is 67.7 Å². The van der Waals surface area contributed by atoms with Crippen LogP contribution in [0.4, 0.5) is 24.8 Å². The second-order valence-electron chi connectivity index (χ2n) is 8.38. The minimum absolute atomic E-state index is 0.0810. The summed E-state index contributed by atoms with van der Waals surface area (Å²) in [6, 6.07) is 14.3. The van der Waals surface area contributed by atoms with E-state index in [0.717, 1.165) is 11.1 Å². The van der Waals surface area contributed by atoms with Gasteiger partial charge < -0.3 is 13.9 Å². The van der Waals surface area contributed by atoms with E-state index in [1.165, 1.54) is 18.2 Å². The third-order valence-corrected chi connectivity index (χ3v) is 7.06. The number of halogens is 6. The number of rotatable bonds is 6. The molecule has 0 aliphatic rings. The van der Waals surface area contributed by atoms with Gasteiger partial charge in [-0.3, -0.25) is 10.1 Å². The van der Waals surface area contributed by atoms with Crippen molar-refractivity contribution in [1.82, 2.24) is 29.8 Å². The number of fused-ring (bicyclic) bond motifs is 1. The van der Waals surface area contributed by atoms with E-state index in [1.54, 1.807) is 48.0 Å². The lowest BCUT2D eigenvalue weighted by atomic mass is 10.1. The van der Waals surface area contributed by atoms with Gasteiger partial charge in [0.25, 0.3) is 5.91 Å². The van der Waals surface area contributed by atoms with Crippen LogP contribution in [-0.2, 0) is 13.6 Å². The monoisotopic (exact) mass is 654 g/mol. The van der Waals surface area contributed by atoms with Gasteiger partial charge in [0.05, 0.1) is 37.8 Å². The van der Waals surface area contributed by atoms with Crippen molar-refractivity contribution in [3.05, 3.63) is 85.9 Å². The molecule has 2 heterocycles. The maximum absolute atomic E-state index is 12.7. The molecule has 5 rings (SSSR count). The number of nitrogens with one attached hydrogen (secondary N) is 2. The van der Waals surface area contributed by atoms with Crippen LogP contribution in [0.15, 0.2) is 64.1 Å². The molecule has 10 nitrogen and oxygen atoms in total. The Morgan fingerprint density at radius 2 is 1.80 bits per heavy atom.